The molecule has 1 aliphatic rings. The molecule has 1 aromatic carbocycles. The topological polar surface area (TPSA) is 44.3 Å². The molecule has 1 aromatic rings. The van der Waals surface area contributed by atoms with Crippen LogP contribution in [-0.2, 0) is 6.42 Å². The van der Waals surface area contributed by atoms with Gasteiger partial charge in [-0.15, -0.1) is 0 Å². The van der Waals surface area contributed by atoms with Crippen LogP contribution in [0.4, 0.5) is 0 Å². The zero-order valence-electron chi connectivity index (χ0n) is 8.38. The predicted molar refractivity (Wildman–Crippen MR) is 56.5 cm³/mol. The number of hydrogen-bond donors (Lipinski definition) is 3. The molecule has 3 heteroatoms. The van der Waals surface area contributed by atoms with Gasteiger partial charge in [0.15, 0.2) is 0 Å². The van der Waals surface area contributed by atoms with E-state index < -0.39 is 0 Å². The van der Waals surface area contributed by atoms with Crippen LogP contribution in [0.25, 0.3) is 0 Å². The lowest BCUT2D eigenvalue weighted by Gasteiger charge is -2.26. The minimum absolute atomic E-state index is 0.369. The second-order valence-electron chi connectivity index (χ2n) is 3.70. The summed E-state index contributed by atoms with van der Waals surface area (Å²) in [5.41, 5.74) is 2.58. The van der Waals surface area contributed by atoms with Crippen molar-refractivity contribution in [1.29, 1.82) is 0 Å². The van der Waals surface area contributed by atoms with Crippen LogP contribution in [0.15, 0.2) is 18.2 Å². The Bertz CT molecular complexity index is 325. The first-order valence-corrected chi connectivity index (χ1v) is 5.01. The molecule has 1 atom stereocenters. The molecule has 3 nitrogen and oxygen atoms in total. The van der Waals surface area contributed by atoms with Gasteiger partial charge < -0.3 is 15.7 Å². The molecular weight excluding hydrogens is 176 g/mol. The molecule has 3 N–H and O–H groups in total. The van der Waals surface area contributed by atoms with Gasteiger partial charge in [0.25, 0.3) is 0 Å². The number of fused-ring (bicyclic) bond motifs is 1. The molecule has 0 spiro atoms. The zero-order chi connectivity index (χ0) is 9.97. The summed E-state index contributed by atoms with van der Waals surface area (Å²) in [6.07, 6.45) is 1.00. The molecule has 0 aromatic heterocycles. The van der Waals surface area contributed by atoms with Crippen LogP contribution in [-0.4, -0.2) is 25.2 Å². The highest BCUT2D eigenvalue weighted by Gasteiger charge is 2.18. The number of nitrogens with one attached hydrogen (secondary N) is 2. The molecule has 0 fully saturated rings. The maximum atomic E-state index is 9.37. The Labute approximate surface area is 84.1 Å². The summed E-state index contributed by atoms with van der Waals surface area (Å²) in [5, 5.41) is 16.0. The molecule has 0 amide bonds. The van der Waals surface area contributed by atoms with E-state index in [2.05, 4.69) is 10.6 Å². The molecule has 0 saturated carbocycles. The summed E-state index contributed by atoms with van der Waals surface area (Å²) in [6, 6.07) is 6.02. The number of phenols is 1. The molecule has 0 saturated heterocycles. The van der Waals surface area contributed by atoms with E-state index in [9.17, 15) is 5.11 Å². The number of likely N-dealkylation sites (N-methyl/N-ethyl adjacent to an activating group) is 1. The second kappa shape index (κ2) is 3.98. The third kappa shape index (κ3) is 1.74. The van der Waals surface area contributed by atoms with Gasteiger partial charge in [-0.2, -0.15) is 0 Å². The summed E-state index contributed by atoms with van der Waals surface area (Å²) in [4.78, 5) is 0. The standard InChI is InChI=1S/C11H16N2O/c1-12-7-11-10-3-2-9(14)6-8(10)4-5-13-11/h2-3,6,11-14H,4-5,7H2,1H3. The number of phenolic OH excluding ortho intramolecular Hbond substituents is 1. The van der Waals surface area contributed by atoms with Crippen LogP contribution < -0.4 is 10.6 Å². The average molecular weight is 192 g/mol. The molecule has 0 radical (unpaired) electrons. The van der Waals surface area contributed by atoms with E-state index >= 15 is 0 Å². The normalized spacial score (nSPS) is 20.5. The van der Waals surface area contributed by atoms with Gasteiger partial charge in [-0.05, 0) is 43.3 Å². The van der Waals surface area contributed by atoms with E-state index in [1.165, 1.54) is 11.1 Å². The highest BCUT2D eigenvalue weighted by atomic mass is 16.3. The van der Waals surface area contributed by atoms with E-state index in [1.807, 2.05) is 19.2 Å². The first kappa shape index (κ1) is 9.49. The summed E-state index contributed by atoms with van der Waals surface area (Å²) in [5.74, 6) is 0.369. The van der Waals surface area contributed by atoms with E-state index in [0.717, 1.165) is 19.5 Å². The summed E-state index contributed by atoms with van der Waals surface area (Å²) < 4.78 is 0. The summed E-state index contributed by atoms with van der Waals surface area (Å²) in [6.45, 7) is 1.92. The van der Waals surface area contributed by atoms with Crippen LogP contribution in [0.2, 0.25) is 0 Å². The maximum absolute atomic E-state index is 9.37. The first-order chi connectivity index (χ1) is 6.81. The SMILES string of the molecule is CNCC1NCCc2cc(O)ccc21. The van der Waals surface area contributed by atoms with Crippen molar-refractivity contribution in [2.75, 3.05) is 20.1 Å². The van der Waals surface area contributed by atoms with Gasteiger partial charge in [-0.1, -0.05) is 6.07 Å². The average Bonchev–Trinajstić information content (AvgIpc) is 2.18. The minimum atomic E-state index is 0.369. The van der Waals surface area contributed by atoms with Crippen molar-refractivity contribution < 1.29 is 5.11 Å². The van der Waals surface area contributed by atoms with Gasteiger partial charge in [0.05, 0.1) is 0 Å². The third-order valence-electron chi connectivity index (χ3n) is 2.70. The van der Waals surface area contributed by atoms with Gasteiger partial charge in [-0.3, -0.25) is 0 Å². The molecule has 1 heterocycles. The molecule has 0 bridgehead atoms. The molecule has 14 heavy (non-hydrogen) atoms. The Kier molecular flexibility index (Phi) is 2.70. The first-order valence-electron chi connectivity index (χ1n) is 5.01. The highest BCUT2D eigenvalue weighted by molar-refractivity contribution is 5.38. The van der Waals surface area contributed by atoms with Crippen LogP contribution in [0.5, 0.6) is 5.75 Å². The smallest absolute Gasteiger partial charge is 0.115 e. The molecule has 0 aliphatic carbocycles. The molecule has 76 valence electrons. The van der Waals surface area contributed by atoms with Crippen molar-refractivity contribution in [3.05, 3.63) is 29.3 Å². The zero-order valence-corrected chi connectivity index (χ0v) is 8.38. The third-order valence-corrected chi connectivity index (χ3v) is 2.70. The van der Waals surface area contributed by atoms with E-state index in [0.29, 0.717) is 11.8 Å². The van der Waals surface area contributed by atoms with Crippen LogP contribution in [0, 0.1) is 0 Å². The number of hydrogen-bond acceptors (Lipinski definition) is 3. The minimum Gasteiger partial charge on any atom is -0.508 e. The van der Waals surface area contributed by atoms with Crippen molar-refractivity contribution in [3.63, 3.8) is 0 Å². The van der Waals surface area contributed by atoms with Crippen LogP contribution in [0.1, 0.15) is 17.2 Å². The van der Waals surface area contributed by atoms with Gasteiger partial charge in [0.1, 0.15) is 5.75 Å². The Hall–Kier alpha value is -1.06. The van der Waals surface area contributed by atoms with Gasteiger partial charge in [0.2, 0.25) is 0 Å². The van der Waals surface area contributed by atoms with Gasteiger partial charge >= 0.3 is 0 Å². The van der Waals surface area contributed by atoms with Gasteiger partial charge in [-0.25, -0.2) is 0 Å². The fourth-order valence-electron chi connectivity index (χ4n) is 2.03. The molecular formula is C11H16N2O. The predicted octanol–water partition coefficient (Wildman–Crippen LogP) is 0.798. The van der Waals surface area contributed by atoms with E-state index in [-0.39, 0.29) is 0 Å². The van der Waals surface area contributed by atoms with Crippen molar-refractivity contribution in [2.45, 2.75) is 12.5 Å². The Morgan fingerprint density at radius 2 is 2.43 bits per heavy atom. The van der Waals surface area contributed by atoms with Crippen molar-refractivity contribution in [2.24, 2.45) is 0 Å². The van der Waals surface area contributed by atoms with Crippen molar-refractivity contribution in [1.82, 2.24) is 10.6 Å². The van der Waals surface area contributed by atoms with Crippen molar-refractivity contribution >= 4 is 0 Å². The number of rotatable bonds is 2. The molecule has 1 unspecified atom stereocenters. The van der Waals surface area contributed by atoms with Crippen molar-refractivity contribution in [3.8, 4) is 5.75 Å². The molecule has 2 rings (SSSR count). The fraction of sp³-hybridized carbons (Fsp3) is 0.455. The van der Waals surface area contributed by atoms with Gasteiger partial charge in [0, 0.05) is 12.6 Å². The quantitative estimate of drug-likeness (QED) is 0.649. The lowest BCUT2D eigenvalue weighted by Crippen LogP contribution is -2.35. The summed E-state index contributed by atoms with van der Waals surface area (Å²) in [7, 11) is 1.95. The molecule has 1 aliphatic heterocycles. The monoisotopic (exact) mass is 192 g/mol. The maximum Gasteiger partial charge on any atom is 0.115 e. The number of benzene rings is 1. The Balaban J connectivity index is 2.30. The Morgan fingerprint density at radius 3 is 3.21 bits per heavy atom. The van der Waals surface area contributed by atoms with Crippen LogP contribution >= 0.6 is 0 Å². The second-order valence-corrected chi connectivity index (χ2v) is 3.70. The summed E-state index contributed by atoms with van der Waals surface area (Å²) >= 11 is 0. The number of aromatic hydroxyl groups is 1. The van der Waals surface area contributed by atoms with E-state index in [4.69, 9.17) is 0 Å². The highest BCUT2D eigenvalue weighted by Crippen LogP contribution is 2.25. The largest absolute Gasteiger partial charge is 0.508 e. The Morgan fingerprint density at radius 1 is 1.57 bits per heavy atom. The lowest BCUT2D eigenvalue weighted by atomic mass is 9.94. The lowest BCUT2D eigenvalue weighted by molar-refractivity contribution is 0.463. The van der Waals surface area contributed by atoms with E-state index in [1.54, 1.807) is 6.07 Å². The van der Waals surface area contributed by atoms with Crippen LogP contribution in [0.3, 0.4) is 0 Å². The fourth-order valence-corrected chi connectivity index (χ4v) is 2.03.